The van der Waals surface area contributed by atoms with Gasteiger partial charge in [0, 0.05) is 6.42 Å². The molecule has 0 aromatic carbocycles. The van der Waals surface area contributed by atoms with Crippen molar-refractivity contribution in [2.45, 2.75) is 225 Å². The van der Waals surface area contributed by atoms with Crippen LogP contribution in [0.15, 0.2) is 48.6 Å². The Labute approximate surface area is 314 Å². The van der Waals surface area contributed by atoms with Crippen molar-refractivity contribution in [3.63, 3.8) is 0 Å². The summed E-state index contributed by atoms with van der Waals surface area (Å²) in [6.45, 7) is 5.47. The highest BCUT2D eigenvalue weighted by molar-refractivity contribution is 5.69. The fraction of sp³-hybridized carbons (Fsp3) is 0.809. The van der Waals surface area contributed by atoms with E-state index in [1.165, 1.54) is 167 Å². The van der Waals surface area contributed by atoms with E-state index in [1.807, 2.05) is 0 Å². The minimum Gasteiger partial charge on any atom is -0.462 e. The summed E-state index contributed by atoms with van der Waals surface area (Å²) in [5, 5.41) is 0. The summed E-state index contributed by atoms with van der Waals surface area (Å²) < 4.78 is 6.02. The molecule has 0 aliphatic rings. The summed E-state index contributed by atoms with van der Waals surface area (Å²) >= 11 is 0. The second-order valence-electron chi connectivity index (χ2n) is 15.2. The third kappa shape index (κ3) is 40.8. The van der Waals surface area contributed by atoms with Crippen molar-refractivity contribution >= 4 is 5.97 Å². The Hall–Kier alpha value is -1.61. The van der Waals surface area contributed by atoms with E-state index in [2.05, 4.69) is 81.5 Å². The smallest absolute Gasteiger partial charge is 0.306 e. The molecular weight excluding hydrogens is 611 g/mol. The van der Waals surface area contributed by atoms with E-state index < -0.39 is 0 Å². The molecule has 292 valence electrons. The maximum Gasteiger partial charge on any atom is 0.306 e. The largest absolute Gasteiger partial charge is 0.462 e. The molecule has 3 nitrogen and oxygen atoms in total. The van der Waals surface area contributed by atoms with E-state index in [4.69, 9.17) is 4.74 Å². The maximum atomic E-state index is 12.6. The van der Waals surface area contributed by atoms with Crippen LogP contribution in [0, 0.1) is 0 Å². The number of hydrogen-bond acceptors (Lipinski definition) is 3. The number of esters is 1. The van der Waals surface area contributed by atoms with Crippen LogP contribution in [-0.2, 0) is 9.53 Å². The topological polar surface area (TPSA) is 29.5 Å². The zero-order chi connectivity index (χ0) is 36.4. The first-order valence-corrected chi connectivity index (χ1v) is 22.0. The number of nitrogens with zero attached hydrogens (tertiary/aromatic N) is 1. The minimum absolute atomic E-state index is 0.0132. The molecule has 0 radical (unpaired) electrons. The molecule has 0 saturated carbocycles. The molecule has 0 fully saturated rings. The lowest BCUT2D eigenvalue weighted by Crippen LogP contribution is -2.20. The lowest BCUT2D eigenvalue weighted by Gasteiger charge is -2.18. The number of carbonyl (C=O) groups is 1. The molecule has 0 aromatic heterocycles. The van der Waals surface area contributed by atoms with Crippen molar-refractivity contribution in [3.05, 3.63) is 48.6 Å². The van der Waals surface area contributed by atoms with Crippen molar-refractivity contribution in [1.82, 2.24) is 4.90 Å². The Kier molecular flexibility index (Phi) is 40.5. The van der Waals surface area contributed by atoms with E-state index in [0.29, 0.717) is 6.42 Å². The molecule has 0 amide bonds. The van der Waals surface area contributed by atoms with Gasteiger partial charge >= 0.3 is 5.97 Å². The van der Waals surface area contributed by atoms with Gasteiger partial charge < -0.3 is 9.64 Å². The average molecular weight is 698 g/mol. The first kappa shape index (κ1) is 48.4. The van der Waals surface area contributed by atoms with Crippen molar-refractivity contribution in [2.75, 3.05) is 20.6 Å². The second kappa shape index (κ2) is 41.8. The summed E-state index contributed by atoms with van der Waals surface area (Å²) in [6, 6.07) is 0. The fourth-order valence-corrected chi connectivity index (χ4v) is 6.47. The number of rotatable bonds is 39. The highest BCUT2D eigenvalue weighted by Gasteiger charge is 2.14. The van der Waals surface area contributed by atoms with Gasteiger partial charge in [-0.2, -0.15) is 0 Å². The molecule has 0 spiro atoms. The van der Waals surface area contributed by atoms with Crippen LogP contribution in [0.2, 0.25) is 0 Å². The normalized spacial score (nSPS) is 12.4. The molecule has 0 rings (SSSR count). The van der Waals surface area contributed by atoms with Crippen LogP contribution >= 0.6 is 0 Å². The average Bonchev–Trinajstić information content (AvgIpc) is 3.10. The fourth-order valence-electron chi connectivity index (χ4n) is 6.47. The maximum absolute atomic E-state index is 12.6. The van der Waals surface area contributed by atoms with Gasteiger partial charge in [0.1, 0.15) is 6.10 Å². The van der Waals surface area contributed by atoms with Gasteiger partial charge in [0.05, 0.1) is 0 Å². The zero-order valence-electron chi connectivity index (χ0n) is 34.3. The van der Waals surface area contributed by atoms with Crippen LogP contribution in [0.25, 0.3) is 0 Å². The molecule has 0 N–H and O–H groups in total. The Balaban J connectivity index is 3.95. The summed E-state index contributed by atoms with van der Waals surface area (Å²) in [5.74, 6) is 0.0132. The van der Waals surface area contributed by atoms with Gasteiger partial charge in [0.15, 0.2) is 0 Å². The Bertz CT molecular complexity index is 743. The number of hydrogen-bond donors (Lipinski definition) is 0. The first-order chi connectivity index (χ1) is 24.6. The summed E-state index contributed by atoms with van der Waals surface area (Å²) in [7, 11) is 4.13. The summed E-state index contributed by atoms with van der Waals surface area (Å²) in [6.07, 6.45) is 58.7. The van der Waals surface area contributed by atoms with Gasteiger partial charge in [-0.15, -0.1) is 0 Å². The first-order valence-electron chi connectivity index (χ1n) is 22.0. The predicted molar refractivity (Wildman–Crippen MR) is 224 cm³/mol. The summed E-state index contributed by atoms with van der Waals surface area (Å²) in [4.78, 5) is 14.7. The molecule has 0 aromatic rings. The molecule has 0 aliphatic carbocycles. The molecule has 0 atom stereocenters. The highest BCUT2D eigenvalue weighted by atomic mass is 16.5. The van der Waals surface area contributed by atoms with E-state index in [9.17, 15) is 4.79 Å². The second-order valence-corrected chi connectivity index (χ2v) is 15.2. The van der Waals surface area contributed by atoms with Gasteiger partial charge in [-0.25, -0.2) is 0 Å². The lowest BCUT2D eigenvalue weighted by molar-refractivity contribution is -0.150. The molecular formula is C47H87NO2. The van der Waals surface area contributed by atoms with Crippen molar-refractivity contribution < 1.29 is 9.53 Å². The van der Waals surface area contributed by atoms with E-state index in [1.54, 1.807) is 0 Å². The number of carbonyl (C=O) groups excluding carboxylic acids is 1. The van der Waals surface area contributed by atoms with Crippen LogP contribution in [-0.4, -0.2) is 37.6 Å². The quantitative estimate of drug-likeness (QED) is 0.0364. The summed E-state index contributed by atoms with van der Waals surface area (Å²) in [5.41, 5.74) is 0. The molecule has 0 bridgehead atoms. The van der Waals surface area contributed by atoms with Crippen LogP contribution in [0.5, 0.6) is 0 Å². The van der Waals surface area contributed by atoms with Gasteiger partial charge in [-0.05, 0) is 117 Å². The standard InChI is InChI=1S/C47H87NO2/c1-5-7-9-11-13-15-17-19-21-23-25-27-29-31-33-35-37-39-42-46(50-47(49)44-41-45-48(3)4)43-40-38-36-34-32-30-28-26-24-22-20-18-16-14-12-10-8-6-2/h13-16,19-22,46H,5-12,17-18,23-45H2,1-4H3/b15-13-,16-14-,21-19-,22-20-. The van der Waals surface area contributed by atoms with E-state index >= 15 is 0 Å². The number of allylic oxidation sites excluding steroid dienone is 8. The van der Waals surface area contributed by atoms with Crippen LogP contribution in [0.4, 0.5) is 0 Å². The van der Waals surface area contributed by atoms with Gasteiger partial charge in [0.2, 0.25) is 0 Å². The molecule has 50 heavy (non-hydrogen) atoms. The van der Waals surface area contributed by atoms with Crippen molar-refractivity contribution in [2.24, 2.45) is 0 Å². The third-order valence-corrected chi connectivity index (χ3v) is 9.74. The van der Waals surface area contributed by atoms with E-state index in [-0.39, 0.29) is 12.1 Å². The Morgan fingerprint density at radius 2 is 0.800 bits per heavy atom. The van der Waals surface area contributed by atoms with Gasteiger partial charge in [-0.1, -0.05) is 165 Å². The SMILES string of the molecule is CCCCC/C=C\C/C=C\CCCCCCCCCCC(CCCCCCCCCC/C=C\C/C=C\CCCCC)OC(=O)CCCN(C)C. The molecule has 0 saturated heterocycles. The molecule has 0 unspecified atom stereocenters. The molecule has 0 heterocycles. The predicted octanol–water partition coefficient (Wildman–Crippen LogP) is 15.2. The van der Waals surface area contributed by atoms with Crippen molar-refractivity contribution in [3.8, 4) is 0 Å². The lowest BCUT2D eigenvalue weighted by atomic mass is 10.0. The monoisotopic (exact) mass is 698 g/mol. The van der Waals surface area contributed by atoms with Crippen LogP contribution in [0.3, 0.4) is 0 Å². The van der Waals surface area contributed by atoms with Crippen molar-refractivity contribution in [1.29, 1.82) is 0 Å². The number of ether oxygens (including phenoxy) is 1. The minimum atomic E-state index is 0.0132. The van der Waals surface area contributed by atoms with Gasteiger partial charge in [0.25, 0.3) is 0 Å². The Morgan fingerprint density at radius 3 is 1.16 bits per heavy atom. The molecule has 0 aliphatic heterocycles. The van der Waals surface area contributed by atoms with E-state index in [0.717, 1.165) is 38.6 Å². The van der Waals surface area contributed by atoms with Gasteiger partial charge in [-0.3, -0.25) is 4.79 Å². The zero-order valence-corrected chi connectivity index (χ0v) is 34.3. The van der Waals surface area contributed by atoms with Crippen LogP contribution in [0.1, 0.15) is 219 Å². The highest BCUT2D eigenvalue weighted by Crippen LogP contribution is 2.19. The van der Waals surface area contributed by atoms with Crippen LogP contribution < -0.4 is 0 Å². The number of unbranched alkanes of at least 4 members (excludes halogenated alkanes) is 22. The molecule has 3 heteroatoms. The third-order valence-electron chi connectivity index (χ3n) is 9.74. The Morgan fingerprint density at radius 1 is 0.460 bits per heavy atom.